The molecule has 2 aliphatic heterocycles. The zero-order valence-corrected chi connectivity index (χ0v) is 16.0. The van der Waals surface area contributed by atoms with E-state index >= 15 is 0 Å². The summed E-state index contributed by atoms with van der Waals surface area (Å²) in [4.78, 5) is 7.23. The van der Waals surface area contributed by atoms with Crippen LogP contribution in [0.15, 0.2) is 36.5 Å². The van der Waals surface area contributed by atoms with Crippen molar-refractivity contribution < 1.29 is 4.74 Å². The molecule has 4 rings (SSSR count). The van der Waals surface area contributed by atoms with E-state index in [0.717, 1.165) is 57.8 Å². The van der Waals surface area contributed by atoms with Crippen molar-refractivity contribution in [1.82, 2.24) is 15.2 Å². The lowest BCUT2D eigenvalue weighted by molar-refractivity contribution is 0.0217. The average Bonchev–Trinajstić information content (AvgIpc) is 2.64. The maximum atomic E-state index is 5.62. The number of nitrogens with zero attached hydrogens (tertiary/aromatic N) is 2. The number of ether oxygens (including phenoxy) is 1. The highest BCUT2D eigenvalue weighted by atomic mass is 35.5. The average molecular weight is 384 g/mol. The number of halogens is 2. The van der Waals surface area contributed by atoms with Crippen molar-refractivity contribution in [2.45, 2.75) is 18.9 Å². The molecular weight excluding hydrogens is 357 g/mol. The molecule has 2 aromatic rings. The summed E-state index contributed by atoms with van der Waals surface area (Å²) in [5.41, 5.74) is 2.56. The smallest absolute Gasteiger partial charge is 0.0705 e. The predicted molar refractivity (Wildman–Crippen MR) is 107 cm³/mol. The number of pyridine rings is 1. The third kappa shape index (κ3) is 4.44. The zero-order chi connectivity index (χ0) is 15.5. The summed E-state index contributed by atoms with van der Waals surface area (Å²) in [5.74, 6) is 0.674. The molecule has 0 unspecified atom stereocenters. The minimum Gasteiger partial charge on any atom is -0.381 e. The number of nitrogens with one attached hydrogen (secondary N) is 1. The molecule has 0 saturated carbocycles. The van der Waals surface area contributed by atoms with E-state index in [-0.39, 0.29) is 24.8 Å². The van der Waals surface area contributed by atoms with E-state index < -0.39 is 0 Å². The lowest BCUT2D eigenvalue weighted by Gasteiger charge is -2.41. The third-order valence-electron chi connectivity index (χ3n) is 5.26. The second-order valence-electron chi connectivity index (χ2n) is 6.60. The van der Waals surface area contributed by atoms with E-state index in [4.69, 9.17) is 4.74 Å². The normalized spacial score (nSPS) is 20.5. The van der Waals surface area contributed by atoms with Gasteiger partial charge in [-0.15, -0.1) is 24.8 Å². The van der Waals surface area contributed by atoms with Gasteiger partial charge >= 0.3 is 0 Å². The van der Waals surface area contributed by atoms with Crippen LogP contribution < -0.4 is 5.32 Å². The molecule has 138 valence electrons. The molecule has 25 heavy (non-hydrogen) atoms. The predicted octanol–water partition coefficient (Wildman–Crippen LogP) is 3.45. The van der Waals surface area contributed by atoms with Gasteiger partial charge in [-0.25, -0.2) is 0 Å². The van der Waals surface area contributed by atoms with E-state index in [1.54, 1.807) is 0 Å². The van der Waals surface area contributed by atoms with Gasteiger partial charge in [0.2, 0.25) is 0 Å². The van der Waals surface area contributed by atoms with E-state index in [1.807, 2.05) is 6.20 Å². The van der Waals surface area contributed by atoms with Crippen molar-refractivity contribution in [1.29, 1.82) is 0 Å². The number of para-hydroxylation sites is 1. The van der Waals surface area contributed by atoms with Crippen LogP contribution in [0.5, 0.6) is 0 Å². The summed E-state index contributed by atoms with van der Waals surface area (Å²) in [7, 11) is 0. The Morgan fingerprint density at radius 3 is 2.52 bits per heavy atom. The molecule has 1 aromatic carbocycles. The molecule has 1 atom stereocenters. The van der Waals surface area contributed by atoms with Crippen LogP contribution in [0.1, 0.15) is 24.4 Å². The second-order valence-corrected chi connectivity index (χ2v) is 6.60. The van der Waals surface area contributed by atoms with Gasteiger partial charge in [0.1, 0.15) is 0 Å². The molecule has 4 nitrogen and oxygen atoms in total. The second kappa shape index (κ2) is 9.70. The first kappa shape index (κ1) is 20.4. The molecule has 2 saturated heterocycles. The fourth-order valence-electron chi connectivity index (χ4n) is 4.12. The first-order valence-corrected chi connectivity index (χ1v) is 8.79. The Labute approximate surface area is 162 Å². The molecule has 3 heterocycles. The van der Waals surface area contributed by atoms with E-state index in [9.17, 15) is 0 Å². The van der Waals surface area contributed by atoms with Gasteiger partial charge in [-0.2, -0.15) is 0 Å². The summed E-state index contributed by atoms with van der Waals surface area (Å²) in [6.07, 6.45) is 4.29. The fourth-order valence-corrected chi connectivity index (χ4v) is 4.12. The van der Waals surface area contributed by atoms with Crippen molar-refractivity contribution in [2.75, 3.05) is 39.4 Å². The van der Waals surface area contributed by atoms with Gasteiger partial charge in [-0.3, -0.25) is 9.88 Å². The number of piperazine rings is 1. The monoisotopic (exact) mass is 383 g/mol. The molecule has 2 aliphatic rings. The van der Waals surface area contributed by atoms with Crippen molar-refractivity contribution >= 4 is 35.7 Å². The maximum absolute atomic E-state index is 5.62. The quantitative estimate of drug-likeness (QED) is 0.880. The Morgan fingerprint density at radius 2 is 1.76 bits per heavy atom. The van der Waals surface area contributed by atoms with Gasteiger partial charge in [-0.05, 0) is 36.5 Å². The van der Waals surface area contributed by atoms with Gasteiger partial charge in [0.25, 0.3) is 0 Å². The fraction of sp³-hybridized carbons (Fsp3) is 0.526. The lowest BCUT2D eigenvalue weighted by atomic mass is 9.84. The largest absolute Gasteiger partial charge is 0.381 e. The summed E-state index contributed by atoms with van der Waals surface area (Å²) >= 11 is 0. The highest BCUT2D eigenvalue weighted by Gasteiger charge is 2.32. The minimum atomic E-state index is 0. The number of fused-ring (bicyclic) bond motifs is 1. The number of hydrogen-bond donors (Lipinski definition) is 1. The van der Waals surface area contributed by atoms with Crippen LogP contribution in [0.3, 0.4) is 0 Å². The van der Waals surface area contributed by atoms with Crippen LogP contribution in [-0.4, -0.2) is 49.3 Å². The topological polar surface area (TPSA) is 37.4 Å². The Morgan fingerprint density at radius 1 is 1.04 bits per heavy atom. The van der Waals surface area contributed by atoms with Crippen molar-refractivity contribution in [3.63, 3.8) is 0 Å². The van der Waals surface area contributed by atoms with Gasteiger partial charge in [-0.1, -0.05) is 18.2 Å². The number of benzene rings is 1. The Balaban J connectivity index is 0.00000113. The molecule has 0 amide bonds. The first-order chi connectivity index (χ1) is 11.4. The van der Waals surface area contributed by atoms with Gasteiger partial charge < -0.3 is 10.1 Å². The number of aromatic nitrogens is 1. The SMILES string of the molecule is Cl.Cl.c1ccc2c([C@H](C3CCOCC3)N3CCNCC3)ccnc2c1. The molecule has 0 spiro atoms. The van der Waals surface area contributed by atoms with Crippen molar-refractivity contribution in [2.24, 2.45) is 5.92 Å². The van der Waals surface area contributed by atoms with Crippen molar-refractivity contribution in [3.8, 4) is 0 Å². The van der Waals surface area contributed by atoms with Crippen LogP contribution >= 0.6 is 24.8 Å². The molecule has 6 heteroatoms. The standard InChI is InChI=1S/C19H25N3O.2ClH/c1-2-4-18-16(3-1)17(5-8-21-18)19(15-6-13-23-14-7-15)22-11-9-20-10-12-22;;/h1-5,8,15,19-20H,6-7,9-14H2;2*1H/t19-;;/m0../s1. The van der Waals surface area contributed by atoms with Crippen LogP contribution in [0.4, 0.5) is 0 Å². The van der Waals surface area contributed by atoms with E-state index in [1.165, 1.54) is 10.9 Å². The maximum Gasteiger partial charge on any atom is 0.0705 e. The van der Waals surface area contributed by atoms with Crippen LogP contribution in [0.25, 0.3) is 10.9 Å². The summed E-state index contributed by atoms with van der Waals surface area (Å²) in [6.45, 7) is 6.22. The van der Waals surface area contributed by atoms with Crippen LogP contribution in [-0.2, 0) is 4.74 Å². The molecule has 0 aliphatic carbocycles. The van der Waals surface area contributed by atoms with E-state index in [0.29, 0.717) is 12.0 Å². The highest BCUT2D eigenvalue weighted by molar-refractivity contribution is 5.85. The summed E-state index contributed by atoms with van der Waals surface area (Å²) < 4.78 is 5.62. The molecule has 0 radical (unpaired) electrons. The number of hydrogen-bond acceptors (Lipinski definition) is 4. The highest BCUT2D eigenvalue weighted by Crippen LogP contribution is 2.37. The molecule has 0 bridgehead atoms. The third-order valence-corrected chi connectivity index (χ3v) is 5.26. The van der Waals surface area contributed by atoms with Crippen LogP contribution in [0.2, 0.25) is 0 Å². The first-order valence-electron chi connectivity index (χ1n) is 8.79. The molecule has 1 aromatic heterocycles. The summed E-state index contributed by atoms with van der Waals surface area (Å²) in [5, 5.41) is 4.79. The van der Waals surface area contributed by atoms with Crippen molar-refractivity contribution in [3.05, 3.63) is 42.1 Å². The van der Waals surface area contributed by atoms with Gasteiger partial charge in [0.15, 0.2) is 0 Å². The Hall–Kier alpha value is -0.910. The zero-order valence-electron chi connectivity index (χ0n) is 14.4. The van der Waals surface area contributed by atoms with E-state index in [2.05, 4.69) is 45.5 Å². The molecule has 1 N–H and O–H groups in total. The minimum absolute atomic E-state index is 0. The van der Waals surface area contributed by atoms with Crippen LogP contribution in [0, 0.1) is 5.92 Å². The molecular formula is C19H27Cl2N3O. The molecule has 2 fully saturated rings. The lowest BCUT2D eigenvalue weighted by Crippen LogP contribution is -2.47. The number of rotatable bonds is 3. The summed E-state index contributed by atoms with van der Waals surface area (Å²) in [6, 6.07) is 11.3. The Bertz CT molecular complexity index is 635. The Kier molecular flexibility index (Phi) is 7.91. The van der Waals surface area contributed by atoms with Gasteiger partial charge in [0.05, 0.1) is 5.52 Å². The van der Waals surface area contributed by atoms with Gasteiger partial charge in [0, 0.05) is 57.0 Å².